The van der Waals surface area contributed by atoms with Crippen LogP contribution >= 0.6 is 0 Å². The highest BCUT2D eigenvalue weighted by Crippen LogP contribution is 2.31. The molecule has 0 unspecified atom stereocenters. The van der Waals surface area contributed by atoms with Crippen molar-refractivity contribution in [1.29, 1.82) is 0 Å². The van der Waals surface area contributed by atoms with E-state index in [1.165, 1.54) is 36.4 Å². The third kappa shape index (κ3) is 3.48. The molecule has 0 saturated heterocycles. The van der Waals surface area contributed by atoms with Crippen molar-refractivity contribution in [1.82, 2.24) is 10.2 Å². The number of aromatic nitrogens is 2. The van der Waals surface area contributed by atoms with Crippen molar-refractivity contribution in [3.05, 3.63) is 93.0 Å². The van der Waals surface area contributed by atoms with Gasteiger partial charge in [0.05, 0.1) is 22.1 Å². The lowest BCUT2D eigenvalue weighted by Crippen LogP contribution is -2.19. The van der Waals surface area contributed by atoms with Gasteiger partial charge < -0.3 is 10.6 Å². The minimum absolute atomic E-state index is 0.193. The second kappa shape index (κ2) is 6.99. The lowest BCUT2D eigenvalue weighted by atomic mass is 10.1. The molecule has 4 aromatic rings. The fraction of sp³-hybridized carbons (Fsp3) is 0. The fourth-order valence-electron chi connectivity index (χ4n) is 2.81. The van der Waals surface area contributed by atoms with E-state index in [9.17, 15) is 18.4 Å². The third-order valence-corrected chi connectivity index (χ3v) is 4.18. The van der Waals surface area contributed by atoms with Crippen molar-refractivity contribution >= 4 is 33.5 Å². The maximum atomic E-state index is 13.2. The molecule has 1 heterocycles. The second-order valence-corrected chi connectivity index (χ2v) is 6.12. The molecule has 140 valence electrons. The van der Waals surface area contributed by atoms with Gasteiger partial charge >= 0.3 is 0 Å². The molecule has 4 rings (SSSR count). The Morgan fingerprint density at radius 2 is 0.964 bits per heavy atom. The first-order valence-corrected chi connectivity index (χ1v) is 8.33. The van der Waals surface area contributed by atoms with Crippen LogP contribution in [0.25, 0.3) is 10.8 Å². The predicted molar refractivity (Wildman–Crippen MR) is 105 cm³/mol. The number of aromatic amines is 2. The summed E-state index contributed by atoms with van der Waals surface area (Å²) in [7, 11) is 0. The van der Waals surface area contributed by atoms with E-state index in [2.05, 4.69) is 20.8 Å². The van der Waals surface area contributed by atoms with Gasteiger partial charge in [-0.3, -0.25) is 19.8 Å². The summed E-state index contributed by atoms with van der Waals surface area (Å²) in [5.74, 6) is -0.756. The molecule has 4 N–H and O–H groups in total. The van der Waals surface area contributed by atoms with E-state index in [1.807, 2.05) is 0 Å². The molecule has 0 aliphatic heterocycles. The first-order chi connectivity index (χ1) is 13.5. The van der Waals surface area contributed by atoms with Gasteiger partial charge in [0, 0.05) is 11.4 Å². The lowest BCUT2D eigenvalue weighted by Gasteiger charge is -2.15. The van der Waals surface area contributed by atoms with Crippen molar-refractivity contribution in [2.45, 2.75) is 0 Å². The van der Waals surface area contributed by atoms with E-state index in [4.69, 9.17) is 0 Å². The van der Waals surface area contributed by atoms with Crippen molar-refractivity contribution in [2.75, 3.05) is 10.6 Å². The van der Waals surface area contributed by atoms with E-state index in [-0.39, 0.29) is 22.4 Å². The zero-order valence-electron chi connectivity index (χ0n) is 14.3. The van der Waals surface area contributed by atoms with E-state index in [0.29, 0.717) is 22.7 Å². The van der Waals surface area contributed by atoms with Crippen LogP contribution in [0.5, 0.6) is 0 Å². The van der Waals surface area contributed by atoms with Crippen LogP contribution in [0.3, 0.4) is 0 Å². The molecule has 0 radical (unpaired) electrons. The number of benzene rings is 3. The minimum atomic E-state index is -0.454. The van der Waals surface area contributed by atoms with Crippen LogP contribution in [-0.4, -0.2) is 10.2 Å². The van der Waals surface area contributed by atoms with Gasteiger partial charge in [0.15, 0.2) is 0 Å². The Bertz CT molecular complexity index is 1160. The molecule has 0 amide bonds. The van der Waals surface area contributed by atoms with Crippen LogP contribution in [0.15, 0.2) is 70.3 Å². The molecule has 28 heavy (non-hydrogen) atoms. The van der Waals surface area contributed by atoms with Crippen LogP contribution in [0.4, 0.5) is 31.5 Å². The van der Waals surface area contributed by atoms with E-state index in [0.717, 1.165) is 0 Å². The van der Waals surface area contributed by atoms with Gasteiger partial charge in [-0.1, -0.05) is 0 Å². The van der Waals surface area contributed by atoms with Crippen LogP contribution in [0.2, 0.25) is 0 Å². The Labute approximate surface area is 156 Å². The van der Waals surface area contributed by atoms with Gasteiger partial charge in [0.25, 0.3) is 11.1 Å². The number of hydrogen-bond donors (Lipinski definition) is 4. The summed E-state index contributed by atoms with van der Waals surface area (Å²) in [4.78, 5) is 24.2. The predicted octanol–water partition coefficient (Wildman–Crippen LogP) is 3.98. The Morgan fingerprint density at radius 3 is 1.32 bits per heavy atom. The zero-order valence-corrected chi connectivity index (χ0v) is 14.3. The molecular formula is C20H14F2N4O2. The Morgan fingerprint density at radius 1 is 0.607 bits per heavy atom. The average Bonchev–Trinajstić information content (AvgIpc) is 2.69. The SMILES string of the molecule is O=c1[nH][nH]c(=O)c2cc(Nc3ccc(F)cc3)c(Nc3ccc(F)cc3)cc12. The highest BCUT2D eigenvalue weighted by Gasteiger charge is 2.11. The molecule has 1 aromatic heterocycles. The molecule has 3 aromatic carbocycles. The highest BCUT2D eigenvalue weighted by molar-refractivity contribution is 5.93. The maximum absolute atomic E-state index is 13.2. The van der Waals surface area contributed by atoms with Crippen LogP contribution in [0, 0.1) is 11.6 Å². The fourth-order valence-corrected chi connectivity index (χ4v) is 2.81. The number of rotatable bonds is 4. The Hall–Kier alpha value is -3.94. The second-order valence-electron chi connectivity index (χ2n) is 6.12. The van der Waals surface area contributed by atoms with Gasteiger partial charge in [0.2, 0.25) is 0 Å². The number of anilines is 4. The van der Waals surface area contributed by atoms with Crippen LogP contribution < -0.4 is 21.8 Å². The summed E-state index contributed by atoms with van der Waals surface area (Å²) < 4.78 is 26.4. The Kier molecular flexibility index (Phi) is 4.36. The number of nitrogens with one attached hydrogen (secondary N) is 4. The van der Waals surface area contributed by atoms with Gasteiger partial charge in [-0.2, -0.15) is 0 Å². The standard InChI is InChI=1S/C20H14F2N4O2/c21-11-1-5-13(6-2-11)23-17-9-15-16(20(28)26-25-19(15)27)10-18(17)24-14-7-3-12(22)4-8-14/h1-10,23-24H,(H,25,27)(H,26,28). The Balaban J connectivity index is 1.85. The summed E-state index contributed by atoms with van der Waals surface area (Å²) >= 11 is 0. The number of halogens is 2. The van der Waals surface area contributed by atoms with Gasteiger partial charge in [-0.05, 0) is 60.7 Å². The maximum Gasteiger partial charge on any atom is 0.270 e. The molecule has 0 aliphatic rings. The van der Waals surface area contributed by atoms with Crippen molar-refractivity contribution in [3.63, 3.8) is 0 Å². The highest BCUT2D eigenvalue weighted by atomic mass is 19.1. The third-order valence-electron chi connectivity index (χ3n) is 4.18. The molecule has 8 heteroatoms. The van der Waals surface area contributed by atoms with Crippen molar-refractivity contribution in [2.24, 2.45) is 0 Å². The zero-order chi connectivity index (χ0) is 19.7. The first kappa shape index (κ1) is 17.5. The quantitative estimate of drug-likeness (QED) is 0.431. The number of fused-ring (bicyclic) bond motifs is 1. The topological polar surface area (TPSA) is 89.8 Å². The molecule has 0 aliphatic carbocycles. The average molecular weight is 380 g/mol. The summed E-state index contributed by atoms with van der Waals surface area (Å²) in [6.07, 6.45) is 0. The molecule has 0 fully saturated rings. The van der Waals surface area contributed by atoms with E-state index in [1.54, 1.807) is 24.3 Å². The molecular weight excluding hydrogens is 366 g/mol. The number of H-pyrrole nitrogens is 2. The molecule has 6 nitrogen and oxygen atoms in total. The molecule has 0 saturated carbocycles. The molecule has 0 spiro atoms. The summed E-state index contributed by atoms with van der Waals surface area (Å²) in [5, 5.41) is 11.2. The van der Waals surface area contributed by atoms with Crippen molar-refractivity contribution < 1.29 is 8.78 Å². The summed E-state index contributed by atoms with van der Waals surface area (Å²) in [6, 6.07) is 14.4. The van der Waals surface area contributed by atoms with Crippen LogP contribution in [-0.2, 0) is 0 Å². The monoisotopic (exact) mass is 380 g/mol. The van der Waals surface area contributed by atoms with Gasteiger partial charge in [-0.15, -0.1) is 0 Å². The van der Waals surface area contributed by atoms with Gasteiger partial charge in [0.1, 0.15) is 11.6 Å². The number of hydrogen-bond acceptors (Lipinski definition) is 4. The molecule has 0 bridgehead atoms. The van der Waals surface area contributed by atoms with E-state index < -0.39 is 11.1 Å². The summed E-state index contributed by atoms with van der Waals surface area (Å²) in [5.41, 5.74) is 1.24. The normalized spacial score (nSPS) is 10.8. The summed E-state index contributed by atoms with van der Waals surface area (Å²) in [6.45, 7) is 0. The van der Waals surface area contributed by atoms with Crippen LogP contribution in [0.1, 0.15) is 0 Å². The van der Waals surface area contributed by atoms with Gasteiger partial charge in [-0.25, -0.2) is 8.78 Å². The smallest absolute Gasteiger partial charge is 0.270 e. The van der Waals surface area contributed by atoms with E-state index >= 15 is 0 Å². The minimum Gasteiger partial charge on any atom is -0.354 e. The lowest BCUT2D eigenvalue weighted by molar-refractivity contribution is 0.627. The molecule has 0 atom stereocenters. The first-order valence-electron chi connectivity index (χ1n) is 8.33. The van der Waals surface area contributed by atoms with Crippen molar-refractivity contribution in [3.8, 4) is 0 Å². The largest absolute Gasteiger partial charge is 0.354 e.